The largest absolute Gasteiger partial charge is 0.491 e. The molecular weight excluding hydrogens is 475 g/mol. The molecule has 2 aromatic heterocycles. The summed E-state index contributed by atoms with van der Waals surface area (Å²) < 4.78 is 50.1. The molecule has 0 saturated carbocycles. The van der Waals surface area contributed by atoms with E-state index in [2.05, 4.69) is 25.6 Å². The zero-order chi connectivity index (χ0) is 25.5. The molecule has 36 heavy (non-hydrogen) atoms. The average Bonchev–Trinajstić information content (AvgIpc) is 2.88. The van der Waals surface area contributed by atoms with Crippen molar-refractivity contribution in [2.24, 2.45) is 0 Å². The van der Waals surface area contributed by atoms with Gasteiger partial charge in [0.15, 0.2) is 5.82 Å². The summed E-state index contributed by atoms with van der Waals surface area (Å²) in [7, 11) is 1.74. The first-order chi connectivity index (χ1) is 17.3. The second kappa shape index (κ2) is 11.6. The molecule has 1 unspecified atom stereocenters. The van der Waals surface area contributed by atoms with E-state index in [4.69, 9.17) is 9.47 Å². The van der Waals surface area contributed by atoms with E-state index in [1.165, 1.54) is 6.07 Å². The number of hydrogen-bond acceptors (Lipinski definition) is 8. The van der Waals surface area contributed by atoms with Crippen molar-refractivity contribution in [3.63, 3.8) is 0 Å². The van der Waals surface area contributed by atoms with E-state index in [1.807, 2.05) is 6.07 Å². The van der Waals surface area contributed by atoms with Crippen LogP contribution in [0.25, 0.3) is 22.6 Å². The number of benzene rings is 1. The first-order valence-corrected chi connectivity index (χ1v) is 11.6. The van der Waals surface area contributed by atoms with E-state index in [0.29, 0.717) is 54.0 Å². The number of alkyl halides is 3. The number of aromatic nitrogens is 3. The summed E-state index contributed by atoms with van der Waals surface area (Å²) in [6.07, 6.45) is -2.40. The van der Waals surface area contributed by atoms with Crippen molar-refractivity contribution in [2.75, 3.05) is 38.7 Å². The van der Waals surface area contributed by atoms with Gasteiger partial charge in [0.05, 0.1) is 5.69 Å². The predicted molar refractivity (Wildman–Crippen MR) is 129 cm³/mol. The van der Waals surface area contributed by atoms with Crippen LogP contribution < -0.4 is 15.4 Å². The van der Waals surface area contributed by atoms with Crippen molar-refractivity contribution in [1.82, 2.24) is 20.3 Å². The van der Waals surface area contributed by atoms with Crippen LogP contribution in [-0.4, -0.2) is 65.6 Å². The van der Waals surface area contributed by atoms with Crippen LogP contribution >= 0.6 is 0 Å². The number of aliphatic hydroxyl groups excluding tert-OH is 1. The van der Waals surface area contributed by atoms with Crippen molar-refractivity contribution in [1.29, 1.82) is 0 Å². The van der Waals surface area contributed by atoms with Crippen LogP contribution in [-0.2, 0) is 10.9 Å². The lowest BCUT2D eigenvalue weighted by Crippen LogP contribution is -2.29. The first-order valence-electron chi connectivity index (χ1n) is 11.6. The lowest BCUT2D eigenvalue weighted by atomic mass is 10.1. The van der Waals surface area contributed by atoms with E-state index in [0.717, 1.165) is 25.1 Å². The molecule has 0 amide bonds. The van der Waals surface area contributed by atoms with E-state index < -0.39 is 18.0 Å². The Morgan fingerprint density at radius 3 is 2.61 bits per heavy atom. The van der Waals surface area contributed by atoms with Gasteiger partial charge in [0, 0.05) is 49.2 Å². The summed E-state index contributed by atoms with van der Waals surface area (Å²) in [5.74, 6) is 1.47. The second-order valence-corrected chi connectivity index (χ2v) is 8.47. The molecule has 1 fully saturated rings. The Hall–Kier alpha value is -3.28. The molecule has 1 saturated heterocycles. The maximum atomic E-state index is 13.0. The van der Waals surface area contributed by atoms with Gasteiger partial charge in [0.25, 0.3) is 0 Å². The molecule has 3 heterocycles. The lowest BCUT2D eigenvalue weighted by Gasteiger charge is -2.24. The predicted octanol–water partition coefficient (Wildman–Crippen LogP) is 3.77. The average molecular weight is 504 g/mol. The van der Waals surface area contributed by atoms with Gasteiger partial charge in [-0.05, 0) is 44.2 Å². The molecule has 1 aliphatic heterocycles. The normalized spacial score (nSPS) is 15.5. The van der Waals surface area contributed by atoms with Crippen LogP contribution in [0.3, 0.4) is 0 Å². The highest BCUT2D eigenvalue weighted by Gasteiger charge is 2.32. The van der Waals surface area contributed by atoms with Crippen molar-refractivity contribution >= 4 is 5.82 Å². The number of ether oxygens (including phenoxy) is 2. The minimum absolute atomic E-state index is 0.110. The smallest absolute Gasteiger partial charge is 0.433 e. The summed E-state index contributed by atoms with van der Waals surface area (Å²) in [5.41, 5.74) is 0.564. The summed E-state index contributed by atoms with van der Waals surface area (Å²) in [6, 6.07) is 11.3. The lowest BCUT2D eigenvalue weighted by molar-refractivity contribution is -0.141. The van der Waals surface area contributed by atoms with Crippen molar-refractivity contribution in [2.45, 2.75) is 31.2 Å². The van der Waals surface area contributed by atoms with Gasteiger partial charge < -0.3 is 25.2 Å². The maximum Gasteiger partial charge on any atom is 0.433 e. The van der Waals surface area contributed by atoms with Crippen LogP contribution in [0.4, 0.5) is 19.0 Å². The third-order valence-corrected chi connectivity index (χ3v) is 5.62. The molecule has 1 aliphatic rings. The Kier molecular flexibility index (Phi) is 8.34. The van der Waals surface area contributed by atoms with Gasteiger partial charge in [-0.2, -0.15) is 13.2 Å². The number of pyridine rings is 1. The zero-order valence-corrected chi connectivity index (χ0v) is 19.8. The molecule has 4 rings (SSSR count). The van der Waals surface area contributed by atoms with Crippen LogP contribution in [0.5, 0.6) is 5.75 Å². The van der Waals surface area contributed by atoms with Gasteiger partial charge >= 0.3 is 6.18 Å². The number of nitrogens with one attached hydrogen (secondary N) is 2. The molecule has 0 aliphatic carbocycles. The van der Waals surface area contributed by atoms with Crippen molar-refractivity contribution < 1.29 is 27.8 Å². The Balaban J connectivity index is 1.65. The Labute approximate surface area is 206 Å². The highest BCUT2D eigenvalue weighted by molar-refractivity contribution is 5.68. The zero-order valence-electron chi connectivity index (χ0n) is 19.8. The number of halogens is 3. The number of likely N-dealkylation sites (N-methyl/N-ethyl adjacent to an activating group) is 1. The Bertz CT molecular complexity index is 1140. The number of hydrogen-bond donors (Lipinski definition) is 3. The van der Waals surface area contributed by atoms with E-state index in [-0.39, 0.29) is 12.6 Å². The second-order valence-electron chi connectivity index (χ2n) is 8.47. The fourth-order valence-corrected chi connectivity index (χ4v) is 3.77. The summed E-state index contributed by atoms with van der Waals surface area (Å²) in [5, 5.41) is 16.2. The molecule has 3 aromatic rings. The van der Waals surface area contributed by atoms with Crippen LogP contribution in [0.15, 0.2) is 48.7 Å². The van der Waals surface area contributed by atoms with Gasteiger partial charge in [-0.1, -0.05) is 12.1 Å². The maximum absolute atomic E-state index is 13.0. The van der Waals surface area contributed by atoms with E-state index in [9.17, 15) is 18.3 Å². The van der Waals surface area contributed by atoms with E-state index >= 15 is 0 Å². The third kappa shape index (κ3) is 6.90. The molecule has 0 bridgehead atoms. The molecule has 11 heteroatoms. The van der Waals surface area contributed by atoms with Gasteiger partial charge in [0.1, 0.15) is 30.0 Å². The van der Waals surface area contributed by atoms with Gasteiger partial charge in [-0.15, -0.1) is 0 Å². The fourth-order valence-electron chi connectivity index (χ4n) is 3.77. The number of rotatable bonds is 9. The molecule has 0 radical (unpaired) electrons. The van der Waals surface area contributed by atoms with Crippen LogP contribution in [0.1, 0.15) is 18.5 Å². The summed E-state index contributed by atoms with van der Waals surface area (Å²) in [4.78, 5) is 12.9. The minimum Gasteiger partial charge on any atom is -0.491 e. The van der Waals surface area contributed by atoms with Gasteiger partial charge in [-0.25, -0.2) is 9.97 Å². The fraction of sp³-hybridized carbons (Fsp3) is 0.400. The molecule has 0 spiro atoms. The van der Waals surface area contributed by atoms with Crippen LogP contribution in [0.2, 0.25) is 0 Å². The van der Waals surface area contributed by atoms with Gasteiger partial charge in [0.2, 0.25) is 0 Å². The first kappa shape index (κ1) is 25.8. The standard InChI is InChI=1S/C25H28F3N5O3/c1-29-14-19(34)15-36-20-4-2-3-16(11-20)24-32-21(17-5-6-22(30-13-17)25(26,27)28)12-23(33-24)31-18-7-9-35-10-8-18/h2-6,11-13,18-19,29,34H,7-10,14-15H2,1H3,(H,31,32,33). The topological polar surface area (TPSA) is 101 Å². The monoisotopic (exact) mass is 503 g/mol. The Morgan fingerprint density at radius 2 is 1.92 bits per heavy atom. The summed E-state index contributed by atoms with van der Waals surface area (Å²) in [6.45, 7) is 1.79. The number of aliphatic hydroxyl groups is 1. The molecule has 1 aromatic carbocycles. The third-order valence-electron chi connectivity index (χ3n) is 5.62. The SMILES string of the molecule is CNCC(O)COc1cccc(-c2nc(NC3CCOCC3)cc(-c3ccc(C(F)(F)F)nc3)n2)c1. The van der Waals surface area contributed by atoms with Crippen LogP contribution in [0, 0.1) is 0 Å². The summed E-state index contributed by atoms with van der Waals surface area (Å²) >= 11 is 0. The molecule has 3 N–H and O–H groups in total. The van der Waals surface area contributed by atoms with E-state index in [1.54, 1.807) is 31.3 Å². The minimum atomic E-state index is -4.52. The molecule has 1 atom stereocenters. The Morgan fingerprint density at radius 1 is 1.11 bits per heavy atom. The number of anilines is 1. The van der Waals surface area contributed by atoms with Crippen molar-refractivity contribution in [3.05, 3.63) is 54.4 Å². The highest BCUT2D eigenvalue weighted by atomic mass is 19.4. The molecule has 8 nitrogen and oxygen atoms in total. The highest BCUT2D eigenvalue weighted by Crippen LogP contribution is 2.30. The molecular formula is C25H28F3N5O3. The quantitative estimate of drug-likeness (QED) is 0.406. The van der Waals surface area contributed by atoms with Gasteiger partial charge in [-0.3, -0.25) is 4.98 Å². The van der Waals surface area contributed by atoms with Crippen molar-refractivity contribution in [3.8, 4) is 28.4 Å². The molecule has 192 valence electrons. The number of nitrogens with zero attached hydrogens (tertiary/aromatic N) is 3.